The minimum Gasteiger partial charge on any atom is -0.512 e. The molecule has 0 saturated heterocycles. The van der Waals surface area contributed by atoms with Gasteiger partial charge in [0, 0.05) is 12.2 Å². The molecule has 2 aromatic heterocycles. The summed E-state index contributed by atoms with van der Waals surface area (Å²) in [5, 5.41) is 17.7. The summed E-state index contributed by atoms with van der Waals surface area (Å²) in [6.07, 6.45) is 0. The summed E-state index contributed by atoms with van der Waals surface area (Å²) in [5.41, 5.74) is 9.34. The number of aromatic nitrogens is 2. The fourth-order valence-electron chi connectivity index (χ4n) is 2.93. The Hall–Kier alpha value is -2.84. The van der Waals surface area contributed by atoms with Crippen molar-refractivity contribution in [3.05, 3.63) is 59.4 Å². The number of nitrogens with zero attached hydrogens (tertiary/aromatic N) is 2. The van der Waals surface area contributed by atoms with Crippen molar-refractivity contribution in [1.29, 1.82) is 0 Å². The summed E-state index contributed by atoms with van der Waals surface area (Å²) in [5.74, 6) is 0.0961. The van der Waals surface area contributed by atoms with Gasteiger partial charge in [0.1, 0.15) is 11.4 Å². The molecule has 8 heteroatoms. The van der Waals surface area contributed by atoms with Crippen LogP contribution in [0.25, 0.3) is 11.0 Å². The summed E-state index contributed by atoms with van der Waals surface area (Å²) in [7, 11) is -1.84. The van der Waals surface area contributed by atoms with Gasteiger partial charge in [0.25, 0.3) is 5.91 Å². The average molecular weight is 353 g/mol. The van der Waals surface area contributed by atoms with E-state index >= 15 is 0 Å². The number of carbonyl (C=O) groups is 1. The second-order valence-electron chi connectivity index (χ2n) is 6.36. The number of hydrogen-bond donors (Lipinski definition) is 3. The van der Waals surface area contributed by atoms with Crippen LogP contribution in [-0.2, 0) is 6.54 Å². The molecule has 3 rings (SSSR count). The Balaban J connectivity index is 1.97. The Morgan fingerprint density at radius 2 is 1.92 bits per heavy atom. The molecule has 134 valence electrons. The molecule has 0 aliphatic heterocycles. The first-order valence-corrected chi connectivity index (χ1v) is 8.27. The van der Waals surface area contributed by atoms with Crippen molar-refractivity contribution < 1.29 is 19.5 Å². The van der Waals surface area contributed by atoms with Crippen LogP contribution in [0.15, 0.2) is 42.5 Å². The number of amides is 1. The molecule has 2 heterocycles. The fourth-order valence-corrected chi connectivity index (χ4v) is 2.93. The molecule has 0 saturated carbocycles. The molecule has 0 aliphatic rings. The highest BCUT2D eigenvalue weighted by molar-refractivity contribution is 6.33. The molecular formula is C18H20BN3O4. The van der Waals surface area contributed by atoms with Crippen molar-refractivity contribution in [3.8, 4) is 5.75 Å². The number of fused-ring (bicyclic) bond motifs is 1. The second kappa shape index (κ2) is 7.19. The standard InChI is InChI=1S/C18H20BN3O4/c1-11(2)17-9-15-16(8-7-14(21-15)18(20)23)22(17)10-12-3-5-13(6-4-12)26-19(24)25/h3-9,11,24-25H,10H2,1-2H3,(H2,20,23). The Labute approximate surface area is 151 Å². The molecule has 0 fully saturated rings. The van der Waals surface area contributed by atoms with Gasteiger partial charge in [-0.3, -0.25) is 4.79 Å². The predicted molar refractivity (Wildman–Crippen MR) is 98.7 cm³/mol. The van der Waals surface area contributed by atoms with Crippen LogP contribution in [0.3, 0.4) is 0 Å². The zero-order valence-corrected chi connectivity index (χ0v) is 14.6. The third-order valence-corrected chi connectivity index (χ3v) is 4.14. The van der Waals surface area contributed by atoms with E-state index in [9.17, 15) is 4.79 Å². The van der Waals surface area contributed by atoms with E-state index in [1.165, 1.54) is 0 Å². The van der Waals surface area contributed by atoms with E-state index in [2.05, 4.69) is 23.4 Å². The first-order valence-electron chi connectivity index (χ1n) is 8.27. The van der Waals surface area contributed by atoms with Crippen LogP contribution in [0.1, 0.15) is 41.5 Å². The summed E-state index contributed by atoms with van der Waals surface area (Å²) < 4.78 is 6.97. The van der Waals surface area contributed by atoms with Crippen LogP contribution in [0.2, 0.25) is 0 Å². The quantitative estimate of drug-likeness (QED) is 0.584. The Morgan fingerprint density at radius 1 is 1.23 bits per heavy atom. The molecule has 1 amide bonds. The van der Waals surface area contributed by atoms with Gasteiger partial charge in [-0.1, -0.05) is 26.0 Å². The lowest BCUT2D eigenvalue weighted by atomic mass is 10.1. The maximum absolute atomic E-state index is 11.4. The van der Waals surface area contributed by atoms with Crippen LogP contribution in [0.4, 0.5) is 0 Å². The number of pyridine rings is 1. The maximum Gasteiger partial charge on any atom is 0.707 e. The lowest BCUT2D eigenvalue weighted by Gasteiger charge is -2.14. The van der Waals surface area contributed by atoms with Crippen molar-refractivity contribution in [2.75, 3.05) is 0 Å². The molecule has 1 aromatic carbocycles. The molecule has 3 aromatic rings. The van der Waals surface area contributed by atoms with E-state index in [-0.39, 0.29) is 11.6 Å². The first-order chi connectivity index (χ1) is 12.3. The monoisotopic (exact) mass is 353 g/mol. The zero-order valence-electron chi connectivity index (χ0n) is 14.6. The molecule has 0 spiro atoms. The lowest BCUT2D eigenvalue weighted by Crippen LogP contribution is -2.20. The maximum atomic E-state index is 11.4. The second-order valence-corrected chi connectivity index (χ2v) is 6.36. The van der Waals surface area contributed by atoms with Gasteiger partial charge in [0.2, 0.25) is 0 Å². The van der Waals surface area contributed by atoms with E-state index in [4.69, 9.17) is 20.4 Å². The SMILES string of the molecule is CC(C)c1cc2nc(C(N)=O)ccc2n1Cc1ccc(OB(O)O)cc1. The Kier molecular flexibility index (Phi) is 4.97. The van der Waals surface area contributed by atoms with Crippen molar-refractivity contribution in [2.24, 2.45) is 5.73 Å². The van der Waals surface area contributed by atoms with Gasteiger partial charge in [0.05, 0.1) is 11.0 Å². The summed E-state index contributed by atoms with van der Waals surface area (Å²) in [4.78, 5) is 15.7. The molecule has 0 bridgehead atoms. The van der Waals surface area contributed by atoms with Gasteiger partial charge in [-0.2, -0.15) is 0 Å². The minimum absolute atomic E-state index is 0.244. The molecule has 7 nitrogen and oxygen atoms in total. The number of carbonyl (C=O) groups excluding carboxylic acids is 1. The number of hydrogen-bond acceptors (Lipinski definition) is 5. The highest BCUT2D eigenvalue weighted by Gasteiger charge is 2.15. The van der Waals surface area contributed by atoms with Crippen molar-refractivity contribution >= 4 is 24.3 Å². The van der Waals surface area contributed by atoms with E-state index in [0.29, 0.717) is 12.3 Å². The van der Waals surface area contributed by atoms with E-state index in [1.54, 1.807) is 18.2 Å². The van der Waals surface area contributed by atoms with Gasteiger partial charge in [-0.25, -0.2) is 4.98 Å². The number of rotatable bonds is 6. The molecular weight excluding hydrogens is 333 g/mol. The summed E-state index contributed by atoms with van der Waals surface area (Å²) in [6.45, 7) is 4.80. The van der Waals surface area contributed by atoms with Crippen LogP contribution in [0.5, 0.6) is 5.75 Å². The van der Waals surface area contributed by atoms with Crippen molar-refractivity contribution in [3.63, 3.8) is 0 Å². The van der Waals surface area contributed by atoms with E-state index in [0.717, 1.165) is 22.3 Å². The van der Waals surface area contributed by atoms with Gasteiger partial charge < -0.3 is 25.0 Å². The normalized spacial score (nSPS) is 11.1. The largest absolute Gasteiger partial charge is 0.707 e. The van der Waals surface area contributed by atoms with Crippen LogP contribution in [0, 0.1) is 0 Å². The highest BCUT2D eigenvalue weighted by Crippen LogP contribution is 2.26. The fraction of sp³-hybridized carbons (Fsp3) is 0.222. The van der Waals surface area contributed by atoms with Gasteiger partial charge in [-0.15, -0.1) is 0 Å². The highest BCUT2D eigenvalue weighted by atomic mass is 16.6. The average Bonchev–Trinajstić information content (AvgIpc) is 2.94. The molecule has 0 atom stereocenters. The Bertz CT molecular complexity index is 936. The molecule has 0 unspecified atom stereocenters. The first kappa shape index (κ1) is 18.0. The van der Waals surface area contributed by atoms with E-state index in [1.807, 2.05) is 24.3 Å². The van der Waals surface area contributed by atoms with Crippen LogP contribution >= 0.6 is 0 Å². The van der Waals surface area contributed by atoms with Crippen molar-refractivity contribution in [2.45, 2.75) is 26.3 Å². The lowest BCUT2D eigenvalue weighted by molar-refractivity contribution is 0.0996. The molecule has 0 aliphatic carbocycles. The summed E-state index contributed by atoms with van der Waals surface area (Å²) >= 11 is 0. The van der Waals surface area contributed by atoms with Gasteiger partial charge >= 0.3 is 7.32 Å². The molecule has 0 radical (unpaired) electrons. The third kappa shape index (κ3) is 3.71. The molecule has 4 N–H and O–H groups in total. The number of primary amides is 1. The summed E-state index contributed by atoms with van der Waals surface area (Å²) in [6, 6.07) is 12.5. The van der Waals surface area contributed by atoms with Gasteiger partial charge in [0.15, 0.2) is 0 Å². The Morgan fingerprint density at radius 3 is 2.50 bits per heavy atom. The smallest absolute Gasteiger partial charge is 0.512 e. The third-order valence-electron chi connectivity index (χ3n) is 4.14. The van der Waals surface area contributed by atoms with Gasteiger partial charge in [-0.05, 0) is 41.8 Å². The number of nitrogens with two attached hydrogens (primary N) is 1. The van der Waals surface area contributed by atoms with E-state index < -0.39 is 13.2 Å². The van der Waals surface area contributed by atoms with Crippen molar-refractivity contribution in [1.82, 2.24) is 9.55 Å². The topological polar surface area (TPSA) is 111 Å². The minimum atomic E-state index is -1.84. The van der Waals surface area contributed by atoms with Crippen LogP contribution in [-0.4, -0.2) is 32.8 Å². The predicted octanol–water partition coefficient (Wildman–Crippen LogP) is 1.66. The molecule has 26 heavy (non-hydrogen) atoms. The number of benzene rings is 1. The van der Waals surface area contributed by atoms with Crippen LogP contribution < -0.4 is 10.4 Å². The zero-order chi connectivity index (χ0) is 18.8.